The van der Waals surface area contributed by atoms with E-state index in [4.69, 9.17) is 28.0 Å². The molecule has 0 radical (unpaired) electrons. The molecule has 1 saturated heterocycles. The smallest absolute Gasteiger partial charge is 0.330 e. The second kappa shape index (κ2) is 24.7. The molecule has 402 valence electrons. The Balaban J connectivity index is 1.13. The average Bonchev–Trinajstić information content (AvgIpc) is 3.96. The first-order chi connectivity index (χ1) is 36.6. The Kier molecular flexibility index (Phi) is 18.1. The molecule has 8 rings (SSSR count). The van der Waals surface area contributed by atoms with Crippen molar-refractivity contribution in [2.45, 2.75) is 123 Å². The maximum atomic E-state index is 14.1. The summed E-state index contributed by atoms with van der Waals surface area (Å²) in [7, 11) is 1.39. The Labute approximate surface area is 446 Å². The number of nitrogens with zero attached hydrogens (tertiary/aromatic N) is 4. The molecule has 16 nitrogen and oxygen atoms in total. The van der Waals surface area contributed by atoms with E-state index in [2.05, 4.69) is 28.0 Å². The van der Waals surface area contributed by atoms with Gasteiger partial charge in [0.05, 0.1) is 45.4 Å². The van der Waals surface area contributed by atoms with E-state index in [9.17, 15) is 24.4 Å². The van der Waals surface area contributed by atoms with Crippen molar-refractivity contribution in [1.82, 2.24) is 24.1 Å². The molecule has 4 aromatic carbocycles. The lowest BCUT2D eigenvalue weighted by atomic mass is 9.75. The number of hydrogen-bond donors (Lipinski definition) is 2. The van der Waals surface area contributed by atoms with Crippen molar-refractivity contribution >= 4 is 31.2 Å². The second-order valence-electron chi connectivity index (χ2n) is 20.5. The van der Waals surface area contributed by atoms with Crippen LogP contribution in [0.5, 0.6) is 11.5 Å². The Bertz CT molecular complexity index is 3030. The number of carbonyl (C=O) groups excluding carboxylic acids is 2. The van der Waals surface area contributed by atoms with Crippen molar-refractivity contribution in [1.29, 1.82) is 5.26 Å². The summed E-state index contributed by atoms with van der Waals surface area (Å²) >= 11 is 0. The molecule has 1 aliphatic heterocycles. The Morgan fingerprint density at radius 1 is 0.868 bits per heavy atom. The first-order valence-electron chi connectivity index (χ1n) is 26.3. The summed E-state index contributed by atoms with van der Waals surface area (Å²) in [5.74, 6) is 0.0995. The molecule has 5 atom stereocenters. The zero-order chi connectivity index (χ0) is 54.1. The van der Waals surface area contributed by atoms with Crippen LogP contribution in [0.3, 0.4) is 0 Å². The standard InChI is InChI=1S/C59H71N6O10P/c1-39(2)65(40(3)4)76(73-35-17-33-60)75-52-41(5)55(74-51(52)38-72-59(43-18-11-9-12-19-43,44-22-26-46(70-7)27-23-44)45-24-28-47(71-8)29-25-45)64-37-49(54(67)62-57(64)69)53(66)61-34-30-42-36-63(50-21-14-13-20-48(42)50)56(68)58(6)31-15-10-16-32-58/h9,11-14,18-29,36-37,39-41,51-52,55H,10,15-17,30-32,34-35,38H2,1-8H3,(H,61,66)(H,62,67,69)/t41-,51+,52?,55+,76?/m0/s1. The first kappa shape index (κ1) is 55.8. The molecule has 2 N–H and O–H groups in total. The fourth-order valence-corrected chi connectivity index (χ4v) is 12.7. The molecule has 1 amide bonds. The van der Waals surface area contributed by atoms with Crippen molar-refractivity contribution in [2.24, 2.45) is 11.3 Å². The Morgan fingerprint density at radius 2 is 1.47 bits per heavy atom. The molecule has 2 unspecified atom stereocenters. The first-order valence-corrected chi connectivity index (χ1v) is 27.4. The SMILES string of the molecule is COc1ccc(C(OC[C@H]2O[C@@H](n3cc(C(=O)NCCc4cn(C(=O)C5(C)CCCCC5)c5ccccc45)c(=O)[nH]c3=O)[C@@H](C)C2OP(OCCC#N)N(C(C)C)C(C)C)(c2ccccc2)c2ccc(OC)cc2)cc1. The third kappa shape index (κ3) is 11.8. The van der Waals surface area contributed by atoms with E-state index in [1.807, 2.05) is 144 Å². The molecular weight excluding hydrogens is 984 g/mol. The largest absolute Gasteiger partial charge is 0.497 e. The van der Waals surface area contributed by atoms with Gasteiger partial charge < -0.3 is 33.3 Å². The van der Waals surface area contributed by atoms with Crippen LogP contribution in [0.4, 0.5) is 0 Å². The van der Waals surface area contributed by atoms with E-state index in [1.165, 1.54) is 10.8 Å². The summed E-state index contributed by atoms with van der Waals surface area (Å²) in [6.45, 7) is 12.3. The van der Waals surface area contributed by atoms with Crippen LogP contribution in [-0.4, -0.2) is 88.9 Å². The molecule has 6 aromatic rings. The summed E-state index contributed by atoms with van der Waals surface area (Å²) in [6, 6.07) is 35.1. The second-order valence-corrected chi connectivity index (χ2v) is 21.9. The molecule has 17 heteroatoms. The highest BCUT2D eigenvalue weighted by Gasteiger charge is 2.49. The summed E-state index contributed by atoms with van der Waals surface area (Å²) in [6.07, 6.45) is 5.74. The minimum absolute atomic E-state index is 0.0267. The van der Waals surface area contributed by atoms with Gasteiger partial charge in [-0.15, -0.1) is 0 Å². The lowest BCUT2D eigenvalue weighted by Gasteiger charge is -2.39. The zero-order valence-corrected chi connectivity index (χ0v) is 45.7. The van der Waals surface area contributed by atoms with Gasteiger partial charge in [0.15, 0.2) is 0 Å². The molecule has 2 aliphatic rings. The predicted octanol–water partition coefficient (Wildman–Crippen LogP) is 10.3. The van der Waals surface area contributed by atoms with Gasteiger partial charge in [-0.2, -0.15) is 5.26 Å². The van der Waals surface area contributed by atoms with E-state index in [0.29, 0.717) is 17.9 Å². The van der Waals surface area contributed by atoms with Crippen molar-refractivity contribution in [3.8, 4) is 17.6 Å². The number of nitrogens with one attached hydrogen (secondary N) is 2. The van der Waals surface area contributed by atoms with E-state index in [-0.39, 0.29) is 49.7 Å². The topological polar surface area (TPSA) is 188 Å². The number of para-hydroxylation sites is 1. The van der Waals surface area contributed by atoms with Crippen molar-refractivity contribution < 1.29 is 37.6 Å². The summed E-state index contributed by atoms with van der Waals surface area (Å²) in [5, 5.41) is 13.4. The van der Waals surface area contributed by atoms with Gasteiger partial charge in [-0.25, -0.2) is 9.46 Å². The summed E-state index contributed by atoms with van der Waals surface area (Å²) < 4.78 is 44.2. The van der Waals surface area contributed by atoms with Crippen LogP contribution in [0.25, 0.3) is 10.9 Å². The molecule has 1 aliphatic carbocycles. The summed E-state index contributed by atoms with van der Waals surface area (Å²) in [5.41, 5.74) is 0.477. The monoisotopic (exact) mass is 1050 g/mol. The van der Waals surface area contributed by atoms with Gasteiger partial charge in [-0.3, -0.25) is 28.5 Å². The van der Waals surface area contributed by atoms with Crippen molar-refractivity contribution in [3.63, 3.8) is 0 Å². The molecule has 3 heterocycles. The number of amides is 1. The third-order valence-corrected chi connectivity index (χ3v) is 16.9. The fourth-order valence-electron chi connectivity index (χ4n) is 10.9. The predicted molar refractivity (Wildman–Crippen MR) is 293 cm³/mol. The average molecular weight is 1060 g/mol. The third-order valence-electron chi connectivity index (χ3n) is 14.8. The van der Waals surface area contributed by atoms with Gasteiger partial charge in [-0.1, -0.05) is 106 Å². The maximum Gasteiger partial charge on any atom is 0.330 e. The number of rotatable bonds is 22. The highest BCUT2D eigenvalue weighted by Crippen LogP contribution is 2.52. The van der Waals surface area contributed by atoms with Gasteiger partial charge in [0, 0.05) is 47.7 Å². The van der Waals surface area contributed by atoms with E-state index in [1.54, 1.807) is 18.8 Å². The number of nitriles is 1. The lowest BCUT2D eigenvalue weighted by Crippen LogP contribution is -2.41. The highest BCUT2D eigenvalue weighted by molar-refractivity contribution is 7.44. The van der Waals surface area contributed by atoms with Crippen LogP contribution in [0.2, 0.25) is 0 Å². The number of carbonyl (C=O) groups is 2. The van der Waals surface area contributed by atoms with Crippen LogP contribution in [0.1, 0.15) is 124 Å². The maximum absolute atomic E-state index is 14.1. The molecule has 76 heavy (non-hydrogen) atoms. The molecule has 2 fully saturated rings. The number of methoxy groups -OCH3 is 2. The van der Waals surface area contributed by atoms with Gasteiger partial charge in [0.25, 0.3) is 20.0 Å². The van der Waals surface area contributed by atoms with Crippen LogP contribution < -0.4 is 26.0 Å². The highest BCUT2D eigenvalue weighted by atomic mass is 31.2. The van der Waals surface area contributed by atoms with Crippen LogP contribution in [0.15, 0.2) is 125 Å². The van der Waals surface area contributed by atoms with Crippen molar-refractivity contribution in [3.05, 3.63) is 164 Å². The van der Waals surface area contributed by atoms with Crippen LogP contribution >= 0.6 is 8.53 Å². The lowest BCUT2D eigenvalue weighted by molar-refractivity contribution is -0.0931. The van der Waals surface area contributed by atoms with Crippen LogP contribution in [0, 0.1) is 22.7 Å². The molecule has 2 aromatic heterocycles. The fraction of sp³-hybridized carbons (Fsp3) is 0.441. The Morgan fingerprint density at radius 3 is 2.08 bits per heavy atom. The number of aromatic amines is 1. The van der Waals surface area contributed by atoms with E-state index >= 15 is 0 Å². The van der Waals surface area contributed by atoms with Crippen molar-refractivity contribution in [2.75, 3.05) is 34.0 Å². The minimum atomic E-state index is -1.83. The van der Waals surface area contributed by atoms with E-state index < -0.39 is 61.1 Å². The molecule has 0 spiro atoms. The minimum Gasteiger partial charge on any atom is -0.497 e. The van der Waals surface area contributed by atoms with Gasteiger partial charge >= 0.3 is 5.69 Å². The van der Waals surface area contributed by atoms with Gasteiger partial charge in [0.1, 0.15) is 41.1 Å². The number of benzene rings is 4. The summed E-state index contributed by atoms with van der Waals surface area (Å²) in [4.78, 5) is 58.2. The molecular formula is C59H71N6O10P. The number of ether oxygens (including phenoxy) is 4. The van der Waals surface area contributed by atoms with Crippen LogP contribution in [-0.2, 0) is 30.5 Å². The quantitative estimate of drug-likeness (QED) is 0.0373. The van der Waals surface area contributed by atoms with E-state index in [0.717, 1.165) is 65.3 Å². The number of fused-ring (bicyclic) bond motifs is 1. The van der Waals surface area contributed by atoms with Gasteiger partial charge in [-0.05, 0) is 99.5 Å². The number of aromatic nitrogens is 3. The molecule has 1 saturated carbocycles. The number of H-pyrrole nitrogens is 1. The normalized spacial score (nSPS) is 19.0. The number of hydrogen-bond acceptors (Lipinski definition) is 12. The van der Waals surface area contributed by atoms with Gasteiger partial charge in [0.2, 0.25) is 5.91 Å². The molecule has 0 bridgehead atoms. The Hall–Kier alpha value is -6.44. The zero-order valence-electron chi connectivity index (χ0n) is 44.8.